The number of aliphatic carboxylic acids is 1. The number of rotatable bonds is 6. The van der Waals surface area contributed by atoms with E-state index >= 15 is 0 Å². The molecule has 0 heterocycles. The summed E-state index contributed by atoms with van der Waals surface area (Å²) in [5.41, 5.74) is 1.39. The van der Waals surface area contributed by atoms with Crippen LogP contribution in [0.3, 0.4) is 0 Å². The van der Waals surface area contributed by atoms with Crippen molar-refractivity contribution < 1.29 is 14.7 Å². The first-order valence-corrected chi connectivity index (χ1v) is 6.38. The van der Waals surface area contributed by atoms with Crippen molar-refractivity contribution >= 4 is 18.0 Å². The smallest absolute Gasteiger partial charge is 0.328 e. The molecule has 0 saturated heterocycles. The molecule has 0 aromatic heterocycles. The fraction of sp³-hybridized carbons (Fsp3) is 0.333. The normalized spacial score (nSPS) is 10.6. The lowest BCUT2D eigenvalue weighted by Gasteiger charge is -2.20. The number of carbonyl (C=O) groups excluding carboxylic acids is 1. The van der Waals surface area contributed by atoms with E-state index in [1.54, 1.807) is 29.2 Å². The van der Waals surface area contributed by atoms with Crippen molar-refractivity contribution in [3.63, 3.8) is 0 Å². The van der Waals surface area contributed by atoms with Crippen molar-refractivity contribution in [3.8, 4) is 0 Å². The van der Waals surface area contributed by atoms with Crippen LogP contribution in [-0.2, 0) is 4.79 Å². The molecule has 4 heteroatoms. The Balaban J connectivity index is 2.80. The van der Waals surface area contributed by atoms with Crippen LogP contribution in [0.1, 0.15) is 36.2 Å². The number of hydrogen-bond donors (Lipinski definition) is 1. The average Bonchev–Trinajstić information content (AvgIpc) is 2.42. The van der Waals surface area contributed by atoms with E-state index in [0.29, 0.717) is 12.1 Å². The molecule has 0 atom stereocenters. The molecule has 0 radical (unpaired) electrons. The highest BCUT2D eigenvalue weighted by Gasteiger charge is 2.12. The SMILES string of the molecule is CCCN(CC)C(=O)c1ccc(C=CC(=O)O)cc1. The Kier molecular flexibility index (Phi) is 5.79. The maximum atomic E-state index is 12.2. The fourth-order valence-corrected chi connectivity index (χ4v) is 1.76. The summed E-state index contributed by atoms with van der Waals surface area (Å²) >= 11 is 0. The minimum Gasteiger partial charge on any atom is -0.478 e. The molecular weight excluding hydrogens is 242 g/mol. The van der Waals surface area contributed by atoms with Crippen LogP contribution in [-0.4, -0.2) is 35.0 Å². The summed E-state index contributed by atoms with van der Waals surface area (Å²) in [5, 5.41) is 8.53. The summed E-state index contributed by atoms with van der Waals surface area (Å²) in [6, 6.07) is 6.93. The monoisotopic (exact) mass is 261 g/mol. The first kappa shape index (κ1) is 15.0. The maximum Gasteiger partial charge on any atom is 0.328 e. The molecule has 0 aliphatic rings. The zero-order valence-corrected chi connectivity index (χ0v) is 11.3. The number of carboxylic acids is 1. The van der Waals surface area contributed by atoms with Crippen molar-refractivity contribution in [2.24, 2.45) is 0 Å². The molecule has 1 rings (SSSR count). The van der Waals surface area contributed by atoms with E-state index in [0.717, 1.165) is 24.6 Å². The lowest BCUT2D eigenvalue weighted by Crippen LogP contribution is -2.31. The molecule has 1 aromatic rings. The van der Waals surface area contributed by atoms with Crippen molar-refractivity contribution in [2.75, 3.05) is 13.1 Å². The Bertz CT molecular complexity index is 463. The number of carbonyl (C=O) groups is 2. The van der Waals surface area contributed by atoms with E-state index in [1.165, 1.54) is 6.08 Å². The quantitative estimate of drug-likeness (QED) is 0.801. The topological polar surface area (TPSA) is 57.6 Å². The molecule has 1 N–H and O–H groups in total. The van der Waals surface area contributed by atoms with Gasteiger partial charge in [0.1, 0.15) is 0 Å². The van der Waals surface area contributed by atoms with Crippen LogP contribution in [0.5, 0.6) is 0 Å². The third-order valence-electron chi connectivity index (χ3n) is 2.74. The number of carboxylic acid groups (broad SMARTS) is 1. The first-order valence-electron chi connectivity index (χ1n) is 6.38. The van der Waals surface area contributed by atoms with Crippen molar-refractivity contribution in [1.29, 1.82) is 0 Å². The largest absolute Gasteiger partial charge is 0.478 e. The van der Waals surface area contributed by atoms with Gasteiger partial charge in [-0.1, -0.05) is 19.1 Å². The Morgan fingerprint density at radius 2 is 1.84 bits per heavy atom. The molecule has 4 nitrogen and oxygen atoms in total. The summed E-state index contributed by atoms with van der Waals surface area (Å²) in [4.78, 5) is 24.4. The van der Waals surface area contributed by atoms with Crippen LogP contribution in [0.2, 0.25) is 0 Å². The molecule has 0 spiro atoms. The van der Waals surface area contributed by atoms with E-state index in [1.807, 2.05) is 13.8 Å². The molecular formula is C15H19NO3. The predicted molar refractivity (Wildman–Crippen MR) is 75.0 cm³/mol. The number of benzene rings is 1. The molecule has 0 bridgehead atoms. The van der Waals surface area contributed by atoms with Crippen LogP contribution >= 0.6 is 0 Å². The van der Waals surface area contributed by atoms with Gasteiger partial charge in [0.25, 0.3) is 5.91 Å². The van der Waals surface area contributed by atoms with Gasteiger partial charge in [-0.3, -0.25) is 4.79 Å². The molecule has 0 unspecified atom stereocenters. The molecule has 102 valence electrons. The van der Waals surface area contributed by atoms with Gasteiger partial charge in [0.15, 0.2) is 0 Å². The van der Waals surface area contributed by atoms with Crippen LogP contribution in [0.25, 0.3) is 6.08 Å². The van der Waals surface area contributed by atoms with E-state index in [9.17, 15) is 9.59 Å². The molecule has 0 aliphatic heterocycles. The van der Waals surface area contributed by atoms with Crippen molar-refractivity contribution in [2.45, 2.75) is 20.3 Å². The van der Waals surface area contributed by atoms with Gasteiger partial charge in [-0.15, -0.1) is 0 Å². The van der Waals surface area contributed by atoms with Crippen molar-refractivity contribution in [1.82, 2.24) is 4.90 Å². The Morgan fingerprint density at radius 3 is 2.32 bits per heavy atom. The second-order valence-corrected chi connectivity index (χ2v) is 4.18. The van der Waals surface area contributed by atoms with E-state index in [2.05, 4.69) is 0 Å². The van der Waals surface area contributed by atoms with Gasteiger partial charge in [0, 0.05) is 24.7 Å². The van der Waals surface area contributed by atoms with Gasteiger partial charge in [-0.25, -0.2) is 4.79 Å². The molecule has 0 saturated carbocycles. The summed E-state index contributed by atoms with van der Waals surface area (Å²) in [5.74, 6) is -0.974. The molecule has 0 aliphatic carbocycles. The maximum absolute atomic E-state index is 12.2. The molecule has 0 fully saturated rings. The standard InChI is InChI=1S/C15H19NO3/c1-3-11-16(4-2)15(19)13-8-5-12(6-9-13)7-10-14(17)18/h5-10H,3-4,11H2,1-2H3,(H,17,18). The lowest BCUT2D eigenvalue weighted by molar-refractivity contribution is -0.131. The molecule has 1 aromatic carbocycles. The van der Waals surface area contributed by atoms with Gasteiger partial charge in [-0.05, 0) is 37.1 Å². The fourth-order valence-electron chi connectivity index (χ4n) is 1.76. The summed E-state index contributed by atoms with van der Waals surface area (Å²) in [6.45, 7) is 5.43. The van der Waals surface area contributed by atoms with Crippen LogP contribution in [0.15, 0.2) is 30.3 Å². The number of nitrogens with zero attached hydrogens (tertiary/aromatic N) is 1. The molecule has 1 amide bonds. The van der Waals surface area contributed by atoms with Gasteiger partial charge in [0.05, 0.1) is 0 Å². The van der Waals surface area contributed by atoms with Crippen LogP contribution in [0, 0.1) is 0 Å². The third kappa shape index (κ3) is 4.58. The van der Waals surface area contributed by atoms with Crippen LogP contribution in [0.4, 0.5) is 0 Å². The van der Waals surface area contributed by atoms with Gasteiger partial charge in [0.2, 0.25) is 0 Å². The van der Waals surface area contributed by atoms with Crippen LogP contribution < -0.4 is 0 Å². The van der Waals surface area contributed by atoms with E-state index < -0.39 is 5.97 Å². The third-order valence-corrected chi connectivity index (χ3v) is 2.74. The average molecular weight is 261 g/mol. The highest BCUT2D eigenvalue weighted by Crippen LogP contribution is 2.09. The van der Waals surface area contributed by atoms with E-state index in [-0.39, 0.29) is 5.91 Å². The second kappa shape index (κ2) is 7.36. The van der Waals surface area contributed by atoms with Gasteiger partial charge in [-0.2, -0.15) is 0 Å². The second-order valence-electron chi connectivity index (χ2n) is 4.18. The lowest BCUT2D eigenvalue weighted by atomic mass is 10.1. The van der Waals surface area contributed by atoms with E-state index in [4.69, 9.17) is 5.11 Å². The zero-order valence-electron chi connectivity index (χ0n) is 11.3. The Labute approximate surface area is 113 Å². The minimum absolute atomic E-state index is 0.0121. The summed E-state index contributed by atoms with van der Waals surface area (Å²) in [7, 11) is 0. The highest BCUT2D eigenvalue weighted by atomic mass is 16.4. The zero-order chi connectivity index (χ0) is 14.3. The van der Waals surface area contributed by atoms with Gasteiger partial charge < -0.3 is 10.0 Å². The van der Waals surface area contributed by atoms with Gasteiger partial charge >= 0.3 is 5.97 Å². The first-order chi connectivity index (χ1) is 9.08. The Hall–Kier alpha value is -2.10. The van der Waals surface area contributed by atoms with Crippen molar-refractivity contribution in [3.05, 3.63) is 41.5 Å². The highest BCUT2D eigenvalue weighted by molar-refractivity contribution is 5.94. The number of amides is 1. The Morgan fingerprint density at radius 1 is 1.21 bits per heavy atom. The minimum atomic E-state index is -0.986. The summed E-state index contributed by atoms with van der Waals surface area (Å²) in [6.07, 6.45) is 3.51. The molecule has 19 heavy (non-hydrogen) atoms. The number of hydrogen-bond acceptors (Lipinski definition) is 2. The summed E-state index contributed by atoms with van der Waals surface area (Å²) < 4.78 is 0. The predicted octanol–water partition coefficient (Wildman–Crippen LogP) is 2.66.